The number of hydrogen-bond donors (Lipinski definition) is 2. The smallest absolute Gasteiger partial charge is 0.252 e. The summed E-state index contributed by atoms with van der Waals surface area (Å²) in [6.45, 7) is 3.55. The van der Waals surface area contributed by atoms with Crippen LogP contribution >= 0.6 is 0 Å². The zero-order chi connectivity index (χ0) is 23.2. The van der Waals surface area contributed by atoms with Gasteiger partial charge in [0.1, 0.15) is 18.2 Å². The predicted octanol–water partition coefficient (Wildman–Crippen LogP) is 3.84. The number of nitrogens with two attached hydrogens (primary N) is 1. The molecule has 3 aromatic carbocycles. The molecule has 3 N–H and O–H groups in total. The Balaban J connectivity index is 1.31. The molecule has 0 radical (unpaired) electrons. The highest BCUT2D eigenvalue weighted by Gasteiger charge is 2.11. The van der Waals surface area contributed by atoms with Crippen molar-refractivity contribution in [1.82, 2.24) is 14.9 Å². The van der Waals surface area contributed by atoms with Crippen LogP contribution in [0.5, 0.6) is 5.75 Å². The van der Waals surface area contributed by atoms with Crippen molar-refractivity contribution in [2.75, 3.05) is 6.54 Å². The van der Waals surface area contributed by atoms with Gasteiger partial charge in [-0.3, -0.25) is 9.59 Å². The highest BCUT2D eigenvalue weighted by atomic mass is 16.5. The fourth-order valence-corrected chi connectivity index (χ4v) is 3.78. The van der Waals surface area contributed by atoms with E-state index in [4.69, 9.17) is 10.5 Å². The summed E-state index contributed by atoms with van der Waals surface area (Å²) in [5.41, 5.74) is 9.19. The van der Waals surface area contributed by atoms with Crippen molar-refractivity contribution in [3.05, 3.63) is 95.3 Å². The molecule has 1 heterocycles. The van der Waals surface area contributed by atoms with Gasteiger partial charge in [-0.05, 0) is 55.3 Å². The second-order valence-electron chi connectivity index (χ2n) is 7.76. The summed E-state index contributed by atoms with van der Waals surface area (Å²) in [6, 6.07) is 22.1. The molecule has 0 fully saturated rings. The number of para-hydroxylation sites is 3. The number of fused-ring (bicyclic) bond motifs is 1. The third-order valence-electron chi connectivity index (χ3n) is 5.43. The lowest BCUT2D eigenvalue weighted by Crippen LogP contribution is -2.25. The first-order valence-electron chi connectivity index (χ1n) is 10.8. The van der Waals surface area contributed by atoms with Crippen LogP contribution in [0, 0.1) is 6.92 Å². The van der Waals surface area contributed by atoms with Gasteiger partial charge < -0.3 is 20.4 Å². The summed E-state index contributed by atoms with van der Waals surface area (Å²) in [7, 11) is 0. The first-order chi connectivity index (χ1) is 16.0. The fraction of sp³-hybridized carbons (Fsp3) is 0.192. The number of benzene rings is 3. The van der Waals surface area contributed by atoms with Gasteiger partial charge in [-0.1, -0.05) is 36.4 Å². The van der Waals surface area contributed by atoms with E-state index in [1.165, 1.54) is 0 Å². The number of aryl methyl sites for hydroxylation is 2. The first kappa shape index (κ1) is 22.1. The second-order valence-corrected chi connectivity index (χ2v) is 7.76. The summed E-state index contributed by atoms with van der Waals surface area (Å²) in [6.07, 6.45) is 0.791. The number of primary amides is 1. The number of nitrogens with zero attached hydrogens (tertiary/aromatic N) is 2. The maximum absolute atomic E-state index is 12.6. The second kappa shape index (κ2) is 9.99. The topological polar surface area (TPSA) is 99.2 Å². The van der Waals surface area contributed by atoms with E-state index >= 15 is 0 Å². The third-order valence-corrected chi connectivity index (χ3v) is 5.43. The zero-order valence-corrected chi connectivity index (χ0v) is 18.5. The largest absolute Gasteiger partial charge is 0.488 e. The summed E-state index contributed by atoms with van der Waals surface area (Å²) < 4.78 is 7.93. The molecule has 0 saturated heterocycles. The maximum atomic E-state index is 12.6. The van der Waals surface area contributed by atoms with Gasteiger partial charge in [0.2, 0.25) is 0 Å². The van der Waals surface area contributed by atoms with Gasteiger partial charge in [0.25, 0.3) is 11.8 Å². The van der Waals surface area contributed by atoms with Crippen molar-refractivity contribution >= 4 is 22.8 Å². The molecule has 0 atom stereocenters. The average molecular weight is 443 g/mol. The molecule has 2 amide bonds. The number of carbonyl (C=O) groups is 2. The lowest BCUT2D eigenvalue weighted by Gasteiger charge is -2.11. The van der Waals surface area contributed by atoms with Gasteiger partial charge in [0, 0.05) is 18.7 Å². The van der Waals surface area contributed by atoms with Gasteiger partial charge in [-0.15, -0.1) is 0 Å². The van der Waals surface area contributed by atoms with Crippen LogP contribution in [-0.4, -0.2) is 27.9 Å². The van der Waals surface area contributed by atoms with E-state index in [0.29, 0.717) is 23.4 Å². The van der Waals surface area contributed by atoms with Crippen LogP contribution in [0.1, 0.15) is 38.5 Å². The minimum atomic E-state index is -0.544. The molecule has 0 aliphatic heterocycles. The number of aromatic nitrogens is 2. The predicted molar refractivity (Wildman–Crippen MR) is 127 cm³/mol. The molecule has 33 heavy (non-hydrogen) atoms. The Bertz CT molecular complexity index is 1300. The van der Waals surface area contributed by atoms with Gasteiger partial charge in [0.05, 0.1) is 16.6 Å². The number of carbonyl (C=O) groups excluding carboxylic acids is 2. The van der Waals surface area contributed by atoms with Crippen LogP contribution in [0.25, 0.3) is 11.0 Å². The SMILES string of the molecule is Cc1nc2ccccc2n1CCCNC(=O)c1cccc(COc2ccccc2C(N)=O)c1. The van der Waals surface area contributed by atoms with Crippen LogP contribution in [-0.2, 0) is 13.2 Å². The van der Waals surface area contributed by atoms with E-state index in [-0.39, 0.29) is 12.5 Å². The number of hydrogen-bond acceptors (Lipinski definition) is 4. The Kier molecular flexibility index (Phi) is 6.69. The van der Waals surface area contributed by atoms with E-state index in [9.17, 15) is 9.59 Å². The lowest BCUT2D eigenvalue weighted by atomic mass is 10.1. The molecule has 0 unspecified atom stereocenters. The molecule has 0 bridgehead atoms. The molecule has 0 spiro atoms. The van der Waals surface area contributed by atoms with Gasteiger partial charge in [-0.2, -0.15) is 0 Å². The molecule has 1 aromatic heterocycles. The van der Waals surface area contributed by atoms with Crippen molar-refractivity contribution < 1.29 is 14.3 Å². The van der Waals surface area contributed by atoms with Crippen molar-refractivity contribution in [2.24, 2.45) is 5.73 Å². The zero-order valence-electron chi connectivity index (χ0n) is 18.5. The molecule has 0 aliphatic carbocycles. The molecule has 4 rings (SSSR count). The van der Waals surface area contributed by atoms with E-state index in [1.54, 1.807) is 36.4 Å². The van der Waals surface area contributed by atoms with Crippen molar-refractivity contribution in [2.45, 2.75) is 26.5 Å². The number of rotatable bonds is 9. The normalized spacial score (nSPS) is 10.8. The monoisotopic (exact) mass is 442 g/mol. The van der Waals surface area contributed by atoms with Crippen molar-refractivity contribution in [1.29, 1.82) is 0 Å². The van der Waals surface area contributed by atoms with Gasteiger partial charge in [-0.25, -0.2) is 4.98 Å². The molecule has 0 aliphatic rings. The van der Waals surface area contributed by atoms with Crippen LogP contribution < -0.4 is 15.8 Å². The quantitative estimate of drug-likeness (QED) is 0.385. The van der Waals surface area contributed by atoms with Gasteiger partial charge >= 0.3 is 0 Å². The Labute approximate surface area is 192 Å². The summed E-state index contributed by atoms with van der Waals surface area (Å²) in [5.74, 6) is 0.703. The number of ether oxygens (including phenoxy) is 1. The van der Waals surface area contributed by atoms with Crippen LogP contribution in [0.2, 0.25) is 0 Å². The Morgan fingerprint density at radius 2 is 1.82 bits per heavy atom. The number of amides is 2. The average Bonchev–Trinajstić information content (AvgIpc) is 3.15. The molecule has 7 nitrogen and oxygen atoms in total. The third kappa shape index (κ3) is 5.20. The minimum Gasteiger partial charge on any atom is -0.488 e. The summed E-state index contributed by atoms with van der Waals surface area (Å²) in [4.78, 5) is 28.7. The lowest BCUT2D eigenvalue weighted by molar-refractivity contribution is 0.0951. The molecule has 168 valence electrons. The highest BCUT2D eigenvalue weighted by molar-refractivity contribution is 5.95. The standard InChI is InChI=1S/C26H26N4O3/c1-18-29-22-11-3-4-12-23(22)30(18)15-7-14-28-26(32)20-9-6-8-19(16-20)17-33-24-13-5-2-10-21(24)25(27)31/h2-6,8-13,16H,7,14-15,17H2,1H3,(H2,27,31)(H,28,32). The first-order valence-corrected chi connectivity index (χ1v) is 10.8. The van der Waals surface area contributed by atoms with E-state index in [2.05, 4.69) is 20.9 Å². The van der Waals surface area contributed by atoms with E-state index in [0.717, 1.165) is 35.4 Å². The van der Waals surface area contributed by atoms with E-state index < -0.39 is 5.91 Å². The Morgan fingerprint density at radius 3 is 2.67 bits per heavy atom. The Morgan fingerprint density at radius 1 is 1.03 bits per heavy atom. The van der Waals surface area contributed by atoms with Crippen LogP contribution in [0.3, 0.4) is 0 Å². The maximum Gasteiger partial charge on any atom is 0.252 e. The van der Waals surface area contributed by atoms with Crippen LogP contribution in [0.4, 0.5) is 0 Å². The van der Waals surface area contributed by atoms with Gasteiger partial charge in [0.15, 0.2) is 0 Å². The van der Waals surface area contributed by atoms with Crippen LogP contribution in [0.15, 0.2) is 72.8 Å². The summed E-state index contributed by atoms with van der Waals surface area (Å²) >= 11 is 0. The van der Waals surface area contributed by atoms with Crippen molar-refractivity contribution in [3.8, 4) is 5.75 Å². The molecular weight excluding hydrogens is 416 g/mol. The highest BCUT2D eigenvalue weighted by Crippen LogP contribution is 2.19. The number of nitrogens with one attached hydrogen (secondary N) is 1. The molecule has 4 aromatic rings. The molecular formula is C26H26N4O3. The molecule has 7 heteroatoms. The van der Waals surface area contributed by atoms with E-state index in [1.807, 2.05) is 37.3 Å². The van der Waals surface area contributed by atoms with Crippen molar-refractivity contribution in [3.63, 3.8) is 0 Å². The number of imidazole rings is 1. The Hall–Kier alpha value is -4.13. The minimum absolute atomic E-state index is 0.137. The fourth-order valence-electron chi connectivity index (χ4n) is 3.78. The summed E-state index contributed by atoms with van der Waals surface area (Å²) in [5, 5.41) is 2.98. The molecule has 0 saturated carbocycles.